The molecule has 0 heterocycles. The Morgan fingerprint density at radius 3 is 2.74 bits per heavy atom. The number of benzene rings is 1. The Labute approximate surface area is 112 Å². The van der Waals surface area contributed by atoms with Crippen LogP contribution in [0.3, 0.4) is 0 Å². The quantitative estimate of drug-likeness (QED) is 0.730. The van der Waals surface area contributed by atoms with Gasteiger partial charge in [-0.1, -0.05) is 11.6 Å². The van der Waals surface area contributed by atoms with E-state index >= 15 is 0 Å². The SMILES string of the molecule is Cc1ccc(NCCC(=O)NC2CC2)c(C(=O)O)c1. The molecule has 0 atom stereocenters. The van der Waals surface area contributed by atoms with Crippen molar-refractivity contribution in [3.8, 4) is 0 Å². The van der Waals surface area contributed by atoms with Crippen molar-refractivity contribution in [1.82, 2.24) is 5.32 Å². The highest BCUT2D eigenvalue weighted by Crippen LogP contribution is 2.19. The second-order valence-corrected chi connectivity index (χ2v) is 4.87. The average molecular weight is 262 g/mol. The molecule has 5 heteroatoms. The lowest BCUT2D eigenvalue weighted by Crippen LogP contribution is -2.27. The summed E-state index contributed by atoms with van der Waals surface area (Å²) in [7, 11) is 0. The van der Waals surface area contributed by atoms with Gasteiger partial charge in [0.1, 0.15) is 0 Å². The molecule has 0 unspecified atom stereocenters. The molecule has 1 fully saturated rings. The van der Waals surface area contributed by atoms with E-state index in [1.165, 1.54) is 0 Å². The number of carbonyl (C=O) groups excluding carboxylic acids is 1. The van der Waals surface area contributed by atoms with Crippen molar-refractivity contribution in [2.75, 3.05) is 11.9 Å². The Morgan fingerprint density at radius 2 is 2.11 bits per heavy atom. The number of aromatic carboxylic acids is 1. The Bertz CT molecular complexity index is 495. The smallest absolute Gasteiger partial charge is 0.337 e. The van der Waals surface area contributed by atoms with E-state index in [0.29, 0.717) is 24.7 Å². The van der Waals surface area contributed by atoms with Crippen LogP contribution in [0.2, 0.25) is 0 Å². The molecule has 0 spiro atoms. The predicted molar refractivity (Wildman–Crippen MR) is 72.4 cm³/mol. The molecule has 0 aromatic heterocycles. The molecule has 5 nitrogen and oxygen atoms in total. The molecule has 0 saturated heterocycles. The van der Waals surface area contributed by atoms with Crippen LogP contribution >= 0.6 is 0 Å². The highest BCUT2D eigenvalue weighted by atomic mass is 16.4. The summed E-state index contributed by atoms with van der Waals surface area (Å²) < 4.78 is 0. The van der Waals surface area contributed by atoms with Gasteiger partial charge < -0.3 is 15.7 Å². The maximum absolute atomic E-state index is 11.5. The van der Waals surface area contributed by atoms with Crippen LogP contribution in [0.5, 0.6) is 0 Å². The first-order chi connectivity index (χ1) is 9.06. The molecule has 0 radical (unpaired) electrons. The average Bonchev–Trinajstić information content (AvgIpc) is 3.14. The van der Waals surface area contributed by atoms with Crippen LogP contribution in [-0.4, -0.2) is 29.6 Å². The summed E-state index contributed by atoms with van der Waals surface area (Å²) >= 11 is 0. The topological polar surface area (TPSA) is 78.4 Å². The molecule has 1 aliphatic carbocycles. The number of amides is 1. The van der Waals surface area contributed by atoms with E-state index in [-0.39, 0.29) is 11.5 Å². The van der Waals surface area contributed by atoms with Crippen molar-refractivity contribution < 1.29 is 14.7 Å². The fraction of sp³-hybridized carbons (Fsp3) is 0.429. The van der Waals surface area contributed by atoms with E-state index in [1.807, 2.05) is 13.0 Å². The molecule has 0 aliphatic heterocycles. The first kappa shape index (κ1) is 13.4. The van der Waals surface area contributed by atoms with Crippen molar-refractivity contribution in [2.24, 2.45) is 0 Å². The number of rotatable bonds is 6. The largest absolute Gasteiger partial charge is 0.478 e. The fourth-order valence-corrected chi connectivity index (χ4v) is 1.83. The summed E-state index contributed by atoms with van der Waals surface area (Å²) in [6.07, 6.45) is 2.49. The highest BCUT2D eigenvalue weighted by Gasteiger charge is 2.22. The van der Waals surface area contributed by atoms with Gasteiger partial charge in [0, 0.05) is 24.7 Å². The Morgan fingerprint density at radius 1 is 1.37 bits per heavy atom. The van der Waals surface area contributed by atoms with E-state index in [1.54, 1.807) is 12.1 Å². The second kappa shape index (κ2) is 5.73. The van der Waals surface area contributed by atoms with Gasteiger partial charge in [0.05, 0.1) is 5.56 Å². The van der Waals surface area contributed by atoms with Crippen molar-refractivity contribution in [3.63, 3.8) is 0 Å². The standard InChI is InChI=1S/C14H18N2O3/c1-9-2-5-12(11(8-9)14(18)19)15-7-6-13(17)16-10-3-4-10/h2,5,8,10,15H,3-4,6-7H2,1H3,(H,16,17)(H,18,19). The van der Waals surface area contributed by atoms with Gasteiger partial charge in [0.25, 0.3) is 0 Å². The molecular weight excluding hydrogens is 244 g/mol. The van der Waals surface area contributed by atoms with E-state index in [9.17, 15) is 9.59 Å². The molecule has 0 bridgehead atoms. The van der Waals surface area contributed by atoms with Crippen LogP contribution in [0.15, 0.2) is 18.2 Å². The van der Waals surface area contributed by atoms with E-state index in [0.717, 1.165) is 18.4 Å². The number of aryl methyl sites for hydroxylation is 1. The number of hydrogen-bond acceptors (Lipinski definition) is 3. The van der Waals surface area contributed by atoms with Gasteiger partial charge >= 0.3 is 5.97 Å². The summed E-state index contributed by atoms with van der Waals surface area (Å²) in [5.41, 5.74) is 1.69. The van der Waals surface area contributed by atoms with Crippen LogP contribution in [0, 0.1) is 6.92 Å². The minimum Gasteiger partial charge on any atom is -0.478 e. The molecular formula is C14H18N2O3. The van der Waals surface area contributed by atoms with Gasteiger partial charge in [-0.05, 0) is 31.9 Å². The zero-order valence-corrected chi connectivity index (χ0v) is 10.9. The molecule has 19 heavy (non-hydrogen) atoms. The van der Waals surface area contributed by atoms with E-state index < -0.39 is 5.97 Å². The summed E-state index contributed by atoms with van der Waals surface area (Å²) in [5, 5.41) is 15.0. The first-order valence-corrected chi connectivity index (χ1v) is 6.43. The number of carbonyl (C=O) groups is 2. The van der Waals surface area contributed by atoms with Gasteiger partial charge in [-0.2, -0.15) is 0 Å². The maximum atomic E-state index is 11.5. The lowest BCUT2D eigenvalue weighted by Gasteiger charge is -2.10. The van der Waals surface area contributed by atoms with Crippen LogP contribution in [0.1, 0.15) is 35.2 Å². The third-order valence-electron chi connectivity index (χ3n) is 3.02. The van der Waals surface area contributed by atoms with Gasteiger partial charge in [0.15, 0.2) is 0 Å². The molecule has 2 rings (SSSR count). The Balaban J connectivity index is 1.87. The molecule has 1 aromatic carbocycles. The van der Waals surface area contributed by atoms with Gasteiger partial charge in [-0.3, -0.25) is 4.79 Å². The molecule has 1 saturated carbocycles. The number of nitrogens with one attached hydrogen (secondary N) is 2. The molecule has 102 valence electrons. The summed E-state index contributed by atoms with van der Waals surface area (Å²) in [6, 6.07) is 5.56. The molecule has 1 aliphatic rings. The monoisotopic (exact) mass is 262 g/mol. The lowest BCUT2D eigenvalue weighted by atomic mass is 10.1. The Hall–Kier alpha value is -2.04. The van der Waals surface area contributed by atoms with Gasteiger partial charge in [-0.15, -0.1) is 0 Å². The normalized spacial score (nSPS) is 13.9. The lowest BCUT2D eigenvalue weighted by molar-refractivity contribution is -0.120. The second-order valence-electron chi connectivity index (χ2n) is 4.87. The molecule has 3 N–H and O–H groups in total. The van der Waals surface area contributed by atoms with Crippen LogP contribution in [0.4, 0.5) is 5.69 Å². The van der Waals surface area contributed by atoms with Crippen LogP contribution in [-0.2, 0) is 4.79 Å². The maximum Gasteiger partial charge on any atom is 0.337 e. The summed E-state index contributed by atoms with van der Waals surface area (Å²) in [4.78, 5) is 22.6. The van der Waals surface area contributed by atoms with Gasteiger partial charge in [-0.25, -0.2) is 4.79 Å². The van der Waals surface area contributed by atoms with Crippen molar-refractivity contribution in [1.29, 1.82) is 0 Å². The third-order valence-corrected chi connectivity index (χ3v) is 3.02. The number of carboxylic acids is 1. The predicted octanol–water partition coefficient (Wildman–Crippen LogP) is 1.77. The Kier molecular flexibility index (Phi) is 4.04. The van der Waals surface area contributed by atoms with Gasteiger partial charge in [0.2, 0.25) is 5.91 Å². The molecule has 1 amide bonds. The minimum absolute atomic E-state index is 0.0130. The van der Waals surface area contributed by atoms with Crippen LogP contribution in [0.25, 0.3) is 0 Å². The third kappa shape index (κ3) is 3.98. The minimum atomic E-state index is -0.964. The van der Waals surface area contributed by atoms with Crippen LogP contribution < -0.4 is 10.6 Å². The number of anilines is 1. The summed E-state index contributed by atoms with van der Waals surface area (Å²) in [5.74, 6) is -0.951. The first-order valence-electron chi connectivity index (χ1n) is 6.43. The zero-order valence-electron chi connectivity index (χ0n) is 10.9. The van der Waals surface area contributed by atoms with Crippen molar-refractivity contribution in [2.45, 2.75) is 32.2 Å². The van der Waals surface area contributed by atoms with Crippen molar-refractivity contribution >= 4 is 17.6 Å². The fourth-order valence-electron chi connectivity index (χ4n) is 1.83. The van der Waals surface area contributed by atoms with E-state index in [4.69, 9.17) is 5.11 Å². The highest BCUT2D eigenvalue weighted by molar-refractivity contribution is 5.94. The number of carboxylic acid groups (broad SMARTS) is 1. The van der Waals surface area contributed by atoms with E-state index in [2.05, 4.69) is 10.6 Å². The summed E-state index contributed by atoms with van der Waals surface area (Å²) in [6.45, 7) is 2.28. The number of hydrogen-bond donors (Lipinski definition) is 3. The molecule has 1 aromatic rings. The van der Waals surface area contributed by atoms with Crippen molar-refractivity contribution in [3.05, 3.63) is 29.3 Å². The zero-order chi connectivity index (χ0) is 13.8.